The van der Waals surface area contributed by atoms with Crippen LogP contribution in [0.3, 0.4) is 0 Å². The molecule has 0 radical (unpaired) electrons. The van der Waals surface area contributed by atoms with Crippen molar-refractivity contribution in [2.75, 3.05) is 11.9 Å². The highest BCUT2D eigenvalue weighted by Crippen LogP contribution is 2.32. The van der Waals surface area contributed by atoms with Gasteiger partial charge < -0.3 is 10.6 Å². The normalized spacial score (nSPS) is 10.9. The summed E-state index contributed by atoms with van der Waals surface area (Å²) in [4.78, 5) is 16.1. The van der Waals surface area contributed by atoms with E-state index in [1.807, 2.05) is 12.1 Å². The van der Waals surface area contributed by atoms with Crippen LogP contribution < -0.4 is 10.6 Å². The number of nitrogens with zero attached hydrogens (tertiary/aromatic N) is 1. The predicted molar refractivity (Wildman–Crippen MR) is 99.2 cm³/mol. The minimum absolute atomic E-state index is 0.0138. The third-order valence-electron chi connectivity index (χ3n) is 4.04. The van der Waals surface area contributed by atoms with Crippen LogP contribution in [-0.4, -0.2) is 17.4 Å². The lowest BCUT2D eigenvalue weighted by atomic mass is 9.92. The molecule has 2 aromatic rings. The Balaban J connectivity index is 2.01. The lowest BCUT2D eigenvalue weighted by molar-refractivity contribution is -0.119. The molecule has 4 heteroatoms. The number of hydrogen-bond donors (Lipinski definition) is 2. The summed E-state index contributed by atoms with van der Waals surface area (Å²) in [6, 6.07) is 10.2. The summed E-state index contributed by atoms with van der Waals surface area (Å²) in [5.41, 5.74) is 4.65. The first-order valence-corrected chi connectivity index (χ1v) is 8.51. The summed E-state index contributed by atoms with van der Waals surface area (Å²) in [5, 5.41) is 6.29. The zero-order chi connectivity index (χ0) is 17.5. The van der Waals surface area contributed by atoms with Gasteiger partial charge in [0.05, 0.1) is 6.54 Å². The lowest BCUT2D eigenvalue weighted by Gasteiger charge is -2.20. The second-order valence-electron chi connectivity index (χ2n) is 6.61. The third-order valence-corrected chi connectivity index (χ3v) is 4.04. The van der Waals surface area contributed by atoms with Gasteiger partial charge in [0.1, 0.15) is 0 Å². The molecule has 128 valence electrons. The number of anilines is 1. The van der Waals surface area contributed by atoms with Crippen molar-refractivity contribution in [3.05, 3.63) is 59.4 Å². The Bertz CT molecular complexity index is 640. The first-order valence-electron chi connectivity index (χ1n) is 8.51. The summed E-state index contributed by atoms with van der Waals surface area (Å²) in [5.74, 6) is 0.803. The summed E-state index contributed by atoms with van der Waals surface area (Å²) in [6.45, 7) is 9.49. The monoisotopic (exact) mass is 325 g/mol. The van der Waals surface area contributed by atoms with Gasteiger partial charge in [-0.1, -0.05) is 45.9 Å². The Morgan fingerprint density at radius 3 is 2.12 bits per heavy atom. The van der Waals surface area contributed by atoms with Crippen molar-refractivity contribution in [1.29, 1.82) is 0 Å². The smallest absolute Gasteiger partial charge is 0.239 e. The molecule has 0 aliphatic heterocycles. The van der Waals surface area contributed by atoms with E-state index in [9.17, 15) is 4.79 Å². The molecule has 1 amide bonds. The largest absolute Gasteiger partial charge is 0.376 e. The molecule has 0 unspecified atom stereocenters. The molecule has 0 bridgehead atoms. The Morgan fingerprint density at radius 1 is 1.00 bits per heavy atom. The van der Waals surface area contributed by atoms with Crippen molar-refractivity contribution < 1.29 is 4.79 Å². The number of aromatic nitrogens is 1. The molecular formula is C20H27N3O. The Kier molecular flexibility index (Phi) is 6.36. The van der Waals surface area contributed by atoms with Crippen LogP contribution >= 0.6 is 0 Å². The molecule has 0 saturated carbocycles. The number of carbonyl (C=O) groups is 1. The molecule has 0 saturated heterocycles. The lowest BCUT2D eigenvalue weighted by Crippen LogP contribution is -2.30. The van der Waals surface area contributed by atoms with Crippen LogP contribution in [0, 0.1) is 0 Å². The number of para-hydroxylation sites is 1. The van der Waals surface area contributed by atoms with E-state index >= 15 is 0 Å². The van der Waals surface area contributed by atoms with Gasteiger partial charge >= 0.3 is 0 Å². The van der Waals surface area contributed by atoms with Gasteiger partial charge in [0.2, 0.25) is 5.91 Å². The van der Waals surface area contributed by atoms with Gasteiger partial charge in [-0.25, -0.2) is 0 Å². The van der Waals surface area contributed by atoms with Crippen LogP contribution in [0.4, 0.5) is 5.69 Å². The minimum Gasteiger partial charge on any atom is -0.376 e. The summed E-state index contributed by atoms with van der Waals surface area (Å²) >= 11 is 0. The molecule has 0 atom stereocenters. The van der Waals surface area contributed by atoms with Gasteiger partial charge in [0.25, 0.3) is 0 Å². The number of carbonyl (C=O) groups excluding carboxylic acids is 1. The van der Waals surface area contributed by atoms with Crippen molar-refractivity contribution in [2.45, 2.75) is 46.1 Å². The number of nitrogens with one attached hydrogen (secondary N) is 2. The second-order valence-corrected chi connectivity index (χ2v) is 6.61. The topological polar surface area (TPSA) is 54.0 Å². The van der Waals surface area contributed by atoms with Crippen LogP contribution in [0.15, 0.2) is 42.7 Å². The molecule has 24 heavy (non-hydrogen) atoms. The van der Waals surface area contributed by atoms with E-state index < -0.39 is 0 Å². The molecule has 1 aromatic heterocycles. The average Bonchev–Trinajstić information content (AvgIpc) is 2.58. The average molecular weight is 325 g/mol. The maximum absolute atomic E-state index is 12.2. The van der Waals surface area contributed by atoms with Gasteiger partial charge in [-0.2, -0.15) is 0 Å². The van der Waals surface area contributed by atoms with Crippen LogP contribution in [0.2, 0.25) is 0 Å². The van der Waals surface area contributed by atoms with Crippen LogP contribution in [0.25, 0.3) is 0 Å². The predicted octanol–water partition coefficient (Wildman–Crippen LogP) is 4.06. The summed E-state index contributed by atoms with van der Waals surface area (Å²) in [7, 11) is 0. The van der Waals surface area contributed by atoms with Gasteiger partial charge in [0, 0.05) is 24.6 Å². The molecule has 0 aliphatic rings. The Hall–Kier alpha value is -2.36. The van der Waals surface area contributed by atoms with Crippen LogP contribution in [-0.2, 0) is 11.3 Å². The highest BCUT2D eigenvalue weighted by Gasteiger charge is 2.14. The van der Waals surface area contributed by atoms with E-state index in [2.05, 4.69) is 61.5 Å². The number of rotatable bonds is 7. The van der Waals surface area contributed by atoms with Crippen molar-refractivity contribution in [3.8, 4) is 0 Å². The highest BCUT2D eigenvalue weighted by atomic mass is 16.1. The van der Waals surface area contributed by atoms with E-state index in [4.69, 9.17) is 0 Å². The highest BCUT2D eigenvalue weighted by molar-refractivity contribution is 5.81. The fraction of sp³-hybridized carbons (Fsp3) is 0.400. The van der Waals surface area contributed by atoms with Crippen molar-refractivity contribution in [2.24, 2.45) is 0 Å². The molecule has 0 spiro atoms. The van der Waals surface area contributed by atoms with Crippen molar-refractivity contribution in [1.82, 2.24) is 10.3 Å². The van der Waals surface area contributed by atoms with Crippen LogP contribution in [0.5, 0.6) is 0 Å². The minimum atomic E-state index is -0.0138. The molecule has 0 aliphatic carbocycles. The fourth-order valence-electron chi connectivity index (χ4n) is 2.69. The quantitative estimate of drug-likeness (QED) is 0.807. The van der Waals surface area contributed by atoms with Gasteiger partial charge in [-0.05, 0) is 40.7 Å². The number of amides is 1. The summed E-state index contributed by atoms with van der Waals surface area (Å²) in [6.07, 6.45) is 3.46. The molecule has 1 heterocycles. The maximum atomic E-state index is 12.2. The molecule has 2 N–H and O–H groups in total. The fourth-order valence-corrected chi connectivity index (χ4v) is 2.69. The van der Waals surface area contributed by atoms with E-state index in [1.54, 1.807) is 12.4 Å². The molecule has 4 nitrogen and oxygen atoms in total. The van der Waals surface area contributed by atoms with Gasteiger partial charge in [0.15, 0.2) is 0 Å². The maximum Gasteiger partial charge on any atom is 0.239 e. The number of pyridine rings is 1. The van der Waals surface area contributed by atoms with E-state index in [0.29, 0.717) is 18.4 Å². The number of hydrogen-bond acceptors (Lipinski definition) is 3. The molecule has 0 fully saturated rings. The van der Waals surface area contributed by atoms with Gasteiger partial charge in [-0.15, -0.1) is 0 Å². The number of benzene rings is 1. The van der Waals surface area contributed by atoms with E-state index in [1.165, 1.54) is 11.1 Å². The SMILES string of the molecule is CC(C)c1cccc(C(C)C)c1NCC(=O)NCc1ccncc1. The Morgan fingerprint density at radius 2 is 1.58 bits per heavy atom. The Labute approximate surface area is 144 Å². The second kappa shape index (κ2) is 8.48. The first-order chi connectivity index (χ1) is 11.5. The standard InChI is InChI=1S/C20H27N3O/c1-14(2)17-6-5-7-18(15(3)4)20(17)23-13-19(24)22-12-16-8-10-21-11-9-16/h5-11,14-15,23H,12-13H2,1-4H3,(H,22,24). The van der Waals surface area contributed by atoms with Crippen molar-refractivity contribution in [3.63, 3.8) is 0 Å². The van der Waals surface area contributed by atoms with Crippen LogP contribution in [0.1, 0.15) is 56.2 Å². The zero-order valence-electron chi connectivity index (χ0n) is 15.0. The molecular weight excluding hydrogens is 298 g/mol. The van der Waals surface area contributed by atoms with E-state index in [-0.39, 0.29) is 12.5 Å². The zero-order valence-corrected chi connectivity index (χ0v) is 15.0. The van der Waals surface area contributed by atoms with E-state index in [0.717, 1.165) is 11.3 Å². The van der Waals surface area contributed by atoms with Gasteiger partial charge in [-0.3, -0.25) is 9.78 Å². The molecule has 1 aromatic carbocycles. The molecule has 2 rings (SSSR count). The third kappa shape index (κ3) is 4.82. The first kappa shape index (κ1) is 18.0. The van der Waals surface area contributed by atoms with Crippen molar-refractivity contribution >= 4 is 11.6 Å². The summed E-state index contributed by atoms with van der Waals surface area (Å²) < 4.78 is 0.